The Labute approximate surface area is 137 Å². The van der Waals surface area contributed by atoms with Crippen LogP contribution in [0.1, 0.15) is 21.5 Å². The molecular formula is C17H14ClNO4. The smallest absolute Gasteiger partial charge is 0.339 e. The lowest BCUT2D eigenvalue weighted by molar-refractivity contribution is -0.111. The minimum Gasteiger partial charge on any atom is -0.507 e. The standard InChI is InChI=1S/C17H14ClNO4/c1-10-8-13(9-14(16(10)21)17(22)23)19-15(20)7-4-11-2-5-12(18)6-3-11/h2-9,21H,1H3,(H,19,20)(H,22,23)/b7-4+. The number of aromatic carboxylic acids is 1. The van der Waals surface area contributed by atoms with Crippen molar-refractivity contribution in [3.63, 3.8) is 0 Å². The molecule has 0 fully saturated rings. The number of phenols is 1. The quantitative estimate of drug-likeness (QED) is 0.589. The minimum atomic E-state index is -1.27. The van der Waals surface area contributed by atoms with Gasteiger partial charge in [-0.1, -0.05) is 23.7 Å². The van der Waals surface area contributed by atoms with Gasteiger partial charge < -0.3 is 15.5 Å². The largest absolute Gasteiger partial charge is 0.507 e. The first-order valence-electron chi connectivity index (χ1n) is 6.68. The Morgan fingerprint density at radius 1 is 1.17 bits per heavy atom. The van der Waals surface area contributed by atoms with E-state index < -0.39 is 11.9 Å². The first-order valence-corrected chi connectivity index (χ1v) is 7.06. The zero-order valence-electron chi connectivity index (χ0n) is 12.2. The van der Waals surface area contributed by atoms with Crippen LogP contribution in [0.4, 0.5) is 5.69 Å². The number of aromatic hydroxyl groups is 1. The Morgan fingerprint density at radius 3 is 2.43 bits per heavy atom. The zero-order chi connectivity index (χ0) is 17.0. The highest BCUT2D eigenvalue weighted by molar-refractivity contribution is 6.30. The van der Waals surface area contributed by atoms with Gasteiger partial charge in [0.2, 0.25) is 5.91 Å². The second-order valence-corrected chi connectivity index (χ2v) is 5.31. The van der Waals surface area contributed by atoms with Crippen molar-refractivity contribution < 1.29 is 19.8 Å². The molecule has 0 atom stereocenters. The summed E-state index contributed by atoms with van der Waals surface area (Å²) in [4.78, 5) is 22.9. The van der Waals surface area contributed by atoms with Crippen molar-refractivity contribution in [2.75, 3.05) is 5.32 Å². The van der Waals surface area contributed by atoms with Crippen LogP contribution >= 0.6 is 11.6 Å². The lowest BCUT2D eigenvalue weighted by atomic mass is 10.1. The number of anilines is 1. The number of benzene rings is 2. The van der Waals surface area contributed by atoms with Gasteiger partial charge in [0.25, 0.3) is 0 Å². The van der Waals surface area contributed by atoms with Gasteiger partial charge in [0, 0.05) is 16.8 Å². The van der Waals surface area contributed by atoms with Crippen LogP contribution < -0.4 is 5.32 Å². The summed E-state index contributed by atoms with van der Waals surface area (Å²) in [6, 6.07) is 9.65. The van der Waals surface area contributed by atoms with E-state index in [1.165, 1.54) is 18.2 Å². The maximum absolute atomic E-state index is 11.9. The molecular weight excluding hydrogens is 318 g/mol. The van der Waals surface area contributed by atoms with Crippen LogP contribution in [0.15, 0.2) is 42.5 Å². The van der Waals surface area contributed by atoms with Crippen molar-refractivity contribution in [3.05, 3.63) is 64.2 Å². The van der Waals surface area contributed by atoms with E-state index >= 15 is 0 Å². The summed E-state index contributed by atoms with van der Waals surface area (Å²) in [5, 5.41) is 21.9. The van der Waals surface area contributed by atoms with Crippen molar-refractivity contribution in [2.24, 2.45) is 0 Å². The fraction of sp³-hybridized carbons (Fsp3) is 0.0588. The molecule has 2 aromatic carbocycles. The normalized spacial score (nSPS) is 10.7. The van der Waals surface area contributed by atoms with E-state index in [2.05, 4.69) is 5.32 Å². The number of aryl methyl sites for hydroxylation is 1. The summed E-state index contributed by atoms with van der Waals surface area (Å²) >= 11 is 5.78. The first kappa shape index (κ1) is 16.6. The van der Waals surface area contributed by atoms with Crippen molar-refractivity contribution >= 4 is 35.2 Å². The summed E-state index contributed by atoms with van der Waals surface area (Å²) in [6.45, 7) is 1.56. The number of amides is 1. The van der Waals surface area contributed by atoms with Crippen LogP contribution in [0, 0.1) is 6.92 Å². The van der Waals surface area contributed by atoms with E-state index in [-0.39, 0.29) is 11.3 Å². The molecule has 0 spiro atoms. The van der Waals surface area contributed by atoms with E-state index in [1.807, 2.05) is 0 Å². The number of hydrogen-bond donors (Lipinski definition) is 3. The fourth-order valence-corrected chi connectivity index (χ4v) is 2.07. The molecule has 0 bridgehead atoms. The molecule has 2 aromatic rings. The third-order valence-corrected chi connectivity index (χ3v) is 3.35. The fourth-order valence-electron chi connectivity index (χ4n) is 1.94. The predicted octanol–water partition coefficient (Wildman–Crippen LogP) is 3.70. The van der Waals surface area contributed by atoms with Crippen LogP contribution in [0.3, 0.4) is 0 Å². The van der Waals surface area contributed by atoms with E-state index in [1.54, 1.807) is 37.3 Å². The second kappa shape index (κ2) is 6.98. The molecule has 5 nitrogen and oxygen atoms in total. The molecule has 0 aliphatic rings. The molecule has 0 unspecified atom stereocenters. The van der Waals surface area contributed by atoms with Gasteiger partial charge in [0.1, 0.15) is 11.3 Å². The van der Waals surface area contributed by atoms with Crippen molar-refractivity contribution in [1.82, 2.24) is 0 Å². The van der Waals surface area contributed by atoms with Crippen molar-refractivity contribution in [2.45, 2.75) is 6.92 Å². The second-order valence-electron chi connectivity index (χ2n) is 4.87. The maximum atomic E-state index is 11.9. The van der Waals surface area contributed by atoms with Crippen LogP contribution in [0.2, 0.25) is 5.02 Å². The highest BCUT2D eigenvalue weighted by atomic mass is 35.5. The van der Waals surface area contributed by atoms with Gasteiger partial charge in [0.05, 0.1) is 0 Å². The van der Waals surface area contributed by atoms with Crippen LogP contribution in [0.25, 0.3) is 6.08 Å². The third kappa shape index (κ3) is 4.34. The van der Waals surface area contributed by atoms with Gasteiger partial charge in [-0.2, -0.15) is 0 Å². The van der Waals surface area contributed by atoms with Gasteiger partial charge in [-0.25, -0.2) is 4.79 Å². The predicted molar refractivity (Wildman–Crippen MR) is 88.9 cm³/mol. The Balaban J connectivity index is 2.14. The van der Waals surface area contributed by atoms with Crippen LogP contribution in [-0.2, 0) is 4.79 Å². The summed E-state index contributed by atoms with van der Waals surface area (Å²) < 4.78 is 0. The number of halogens is 1. The molecule has 0 aliphatic heterocycles. The molecule has 2 rings (SSSR count). The summed E-state index contributed by atoms with van der Waals surface area (Å²) in [5.74, 6) is -1.99. The molecule has 0 radical (unpaired) electrons. The molecule has 0 aromatic heterocycles. The van der Waals surface area contributed by atoms with Gasteiger partial charge in [0.15, 0.2) is 0 Å². The molecule has 1 amide bonds. The van der Waals surface area contributed by atoms with Gasteiger partial charge in [-0.05, 0) is 48.4 Å². The molecule has 118 valence electrons. The summed E-state index contributed by atoms with van der Waals surface area (Å²) in [7, 11) is 0. The SMILES string of the molecule is Cc1cc(NC(=O)/C=C/c2ccc(Cl)cc2)cc(C(=O)O)c1O. The van der Waals surface area contributed by atoms with Crippen LogP contribution in [-0.4, -0.2) is 22.1 Å². The molecule has 6 heteroatoms. The number of carbonyl (C=O) groups is 2. The topological polar surface area (TPSA) is 86.6 Å². The molecule has 3 N–H and O–H groups in total. The molecule has 23 heavy (non-hydrogen) atoms. The van der Waals surface area contributed by atoms with Gasteiger partial charge in [-0.15, -0.1) is 0 Å². The van der Waals surface area contributed by atoms with Crippen molar-refractivity contribution in [1.29, 1.82) is 0 Å². The molecule has 0 heterocycles. The molecule has 0 aliphatic carbocycles. The number of rotatable bonds is 4. The monoisotopic (exact) mass is 331 g/mol. The summed E-state index contributed by atoms with van der Waals surface area (Å²) in [5.41, 5.74) is 1.20. The van der Waals surface area contributed by atoms with E-state index in [0.29, 0.717) is 16.3 Å². The lowest BCUT2D eigenvalue weighted by Gasteiger charge is -2.08. The van der Waals surface area contributed by atoms with Gasteiger partial charge in [-0.3, -0.25) is 4.79 Å². The minimum absolute atomic E-state index is 0.262. The Morgan fingerprint density at radius 2 is 1.83 bits per heavy atom. The number of nitrogens with one attached hydrogen (secondary N) is 1. The average Bonchev–Trinajstić information content (AvgIpc) is 2.50. The summed E-state index contributed by atoms with van der Waals surface area (Å²) in [6.07, 6.45) is 2.93. The Hall–Kier alpha value is -2.79. The van der Waals surface area contributed by atoms with E-state index in [4.69, 9.17) is 16.7 Å². The lowest BCUT2D eigenvalue weighted by Crippen LogP contribution is -2.09. The van der Waals surface area contributed by atoms with Gasteiger partial charge >= 0.3 is 5.97 Å². The van der Waals surface area contributed by atoms with Crippen molar-refractivity contribution in [3.8, 4) is 5.75 Å². The first-order chi connectivity index (χ1) is 10.9. The highest BCUT2D eigenvalue weighted by Gasteiger charge is 2.14. The number of carboxylic acids is 1. The maximum Gasteiger partial charge on any atom is 0.339 e. The number of carboxylic acid groups (broad SMARTS) is 1. The van der Waals surface area contributed by atoms with E-state index in [0.717, 1.165) is 5.56 Å². The van der Waals surface area contributed by atoms with Crippen LogP contribution in [0.5, 0.6) is 5.75 Å². The average molecular weight is 332 g/mol. The highest BCUT2D eigenvalue weighted by Crippen LogP contribution is 2.26. The number of hydrogen-bond acceptors (Lipinski definition) is 3. The number of carbonyl (C=O) groups excluding carboxylic acids is 1. The Kier molecular flexibility index (Phi) is 5.03. The Bertz CT molecular complexity index is 782. The molecule has 0 saturated carbocycles. The third-order valence-electron chi connectivity index (χ3n) is 3.10. The zero-order valence-corrected chi connectivity index (χ0v) is 13.0. The van der Waals surface area contributed by atoms with E-state index in [9.17, 15) is 14.7 Å². The molecule has 0 saturated heterocycles.